The van der Waals surface area contributed by atoms with Crippen LogP contribution in [0.15, 0.2) is 19.0 Å². The van der Waals surface area contributed by atoms with Crippen LogP contribution in [0.1, 0.15) is 54.1 Å². The third-order valence-electron chi connectivity index (χ3n) is 4.89. The lowest BCUT2D eigenvalue weighted by Crippen LogP contribution is -2.09. The maximum absolute atomic E-state index is 12.0. The van der Waals surface area contributed by atoms with Crippen LogP contribution in [0.3, 0.4) is 0 Å². The van der Waals surface area contributed by atoms with Crippen LogP contribution < -0.4 is 0 Å². The Bertz CT molecular complexity index is 574. The molecule has 1 heterocycles. The highest BCUT2D eigenvalue weighted by Crippen LogP contribution is 2.69. The Morgan fingerprint density at radius 3 is 2.89 bits per heavy atom. The van der Waals surface area contributed by atoms with Crippen LogP contribution >= 0.6 is 0 Å². The molecular formula is C16H19NO2. The molecule has 0 saturated heterocycles. The van der Waals surface area contributed by atoms with Gasteiger partial charge in [-0.1, -0.05) is 20.4 Å². The summed E-state index contributed by atoms with van der Waals surface area (Å²) < 4.78 is 4.90. The minimum absolute atomic E-state index is 0.263. The summed E-state index contributed by atoms with van der Waals surface area (Å²) in [7, 11) is 1.42. The summed E-state index contributed by atoms with van der Waals surface area (Å²) in [5, 5.41) is 0. The number of carbonyl (C=O) groups is 1. The molecule has 0 N–H and O–H groups in total. The molecule has 3 nitrogen and oxygen atoms in total. The molecule has 1 aromatic rings. The number of hydrogen-bond acceptors (Lipinski definition) is 3. The van der Waals surface area contributed by atoms with Crippen LogP contribution in [0.2, 0.25) is 0 Å². The fraction of sp³-hybridized carbons (Fsp3) is 0.500. The molecule has 0 aromatic carbocycles. The summed E-state index contributed by atoms with van der Waals surface area (Å²) >= 11 is 0. The summed E-state index contributed by atoms with van der Waals surface area (Å²) in [6, 6.07) is 0. The largest absolute Gasteiger partial charge is 0.465 e. The van der Waals surface area contributed by atoms with Gasteiger partial charge >= 0.3 is 5.97 Å². The standard InChI is InChI=1S/C16H19NO2/c1-9-5-6-12-14(16(12,2)3)13-10(9)7-17-8-11(13)15(18)19-4/h7-8,12,14H,1,5-6H2,2-4H3/t12-,14-/m1/s1. The van der Waals surface area contributed by atoms with Gasteiger partial charge in [-0.25, -0.2) is 4.79 Å². The highest BCUT2D eigenvalue weighted by Gasteiger charge is 2.60. The minimum Gasteiger partial charge on any atom is -0.465 e. The Balaban J connectivity index is 2.20. The van der Waals surface area contributed by atoms with Crippen molar-refractivity contribution < 1.29 is 9.53 Å². The molecule has 1 aromatic heterocycles. The van der Waals surface area contributed by atoms with Crippen LogP contribution in [-0.4, -0.2) is 18.1 Å². The molecule has 2 atom stereocenters. The number of pyridine rings is 1. The Morgan fingerprint density at radius 1 is 1.47 bits per heavy atom. The van der Waals surface area contributed by atoms with Crippen molar-refractivity contribution in [3.63, 3.8) is 0 Å². The van der Waals surface area contributed by atoms with Crippen molar-refractivity contribution in [1.29, 1.82) is 0 Å². The molecule has 0 aliphatic heterocycles. The van der Waals surface area contributed by atoms with Crippen molar-refractivity contribution in [3.05, 3.63) is 35.7 Å². The predicted octanol–water partition coefficient (Wildman–Crippen LogP) is 3.41. The van der Waals surface area contributed by atoms with Crippen molar-refractivity contribution in [1.82, 2.24) is 4.98 Å². The predicted molar refractivity (Wildman–Crippen MR) is 73.9 cm³/mol. The van der Waals surface area contributed by atoms with Crippen LogP contribution in [-0.2, 0) is 4.74 Å². The van der Waals surface area contributed by atoms with E-state index >= 15 is 0 Å². The lowest BCUT2D eigenvalue weighted by atomic mass is 9.91. The van der Waals surface area contributed by atoms with E-state index in [-0.39, 0.29) is 11.4 Å². The van der Waals surface area contributed by atoms with Crippen LogP contribution in [0.4, 0.5) is 0 Å². The van der Waals surface area contributed by atoms with Gasteiger partial charge in [0.05, 0.1) is 12.7 Å². The van der Waals surface area contributed by atoms with Gasteiger partial charge in [-0.15, -0.1) is 0 Å². The molecule has 1 fully saturated rings. The van der Waals surface area contributed by atoms with Gasteiger partial charge < -0.3 is 4.74 Å². The van der Waals surface area contributed by atoms with Gasteiger partial charge in [0, 0.05) is 12.4 Å². The number of allylic oxidation sites excluding steroid dienone is 1. The summed E-state index contributed by atoms with van der Waals surface area (Å²) in [4.78, 5) is 16.2. The first-order valence-electron chi connectivity index (χ1n) is 6.72. The third-order valence-corrected chi connectivity index (χ3v) is 4.89. The van der Waals surface area contributed by atoms with Gasteiger partial charge in [-0.3, -0.25) is 4.98 Å². The van der Waals surface area contributed by atoms with Gasteiger partial charge in [-0.05, 0) is 46.8 Å². The van der Waals surface area contributed by atoms with Crippen LogP contribution in [0, 0.1) is 11.3 Å². The summed E-state index contributed by atoms with van der Waals surface area (Å²) in [5.74, 6) is 0.774. The van der Waals surface area contributed by atoms with E-state index in [1.165, 1.54) is 7.11 Å². The molecule has 3 heteroatoms. The molecule has 0 radical (unpaired) electrons. The van der Waals surface area contributed by atoms with E-state index in [0.717, 1.165) is 29.5 Å². The van der Waals surface area contributed by atoms with Crippen molar-refractivity contribution in [3.8, 4) is 0 Å². The maximum atomic E-state index is 12.0. The number of rotatable bonds is 1. The average molecular weight is 257 g/mol. The number of fused-ring (bicyclic) bond motifs is 3. The Kier molecular flexibility index (Phi) is 2.56. The number of esters is 1. The molecule has 2 aliphatic rings. The molecule has 0 unspecified atom stereocenters. The number of nitrogens with zero attached hydrogens (tertiary/aromatic N) is 1. The maximum Gasteiger partial charge on any atom is 0.339 e. The minimum atomic E-state index is -0.291. The SMILES string of the molecule is C=C1CC[C@@H]2[C@H](c3c1cncc3C(=O)OC)C2(C)C. The Morgan fingerprint density at radius 2 is 2.21 bits per heavy atom. The first-order valence-corrected chi connectivity index (χ1v) is 6.72. The van der Waals surface area contributed by atoms with E-state index in [2.05, 4.69) is 25.4 Å². The van der Waals surface area contributed by atoms with Crippen molar-refractivity contribution >= 4 is 11.5 Å². The fourth-order valence-corrected chi connectivity index (χ4v) is 3.68. The summed E-state index contributed by atoms with van der Waals surface area (Å²) in [6.07, 6.45) is 5.62. The number of hydrogen-bond donors (Lipinski definition) is 0. The number of aromatic nitrogens is 1. The quantitative estimate of drug-likeness (QED) is 0.724. The van der Waals surface area contributed by atoms with Gasteiger partial charge in [0.15, 0.2) is 0 Å². The van der Waals surface area contributed by atoms with E-state index in [9.17, 15) is 4.79 Å². The second-order valence-electron chi connectivity index (χ2n) is 6.19. The van der Waals surface area contributed by atoms with E-state index in [1.54, 1.807) is 6.20 Å². The van der Waals surface area contributed by atoms with Crippen LogP contribution in [0.25, 0.3) is 5.57 Å². The van der Waals surface area contributed by atoms with Crippen LogP contribution in [0.5, 0.6) is 0 Å². The molecule has 1 saturated carbocycles. The highest BCUT2D eigenvalue weighted by atomic mass is 16.5. The van der Waals surface area contributed by atoms with Gasteiger partial charge in [0.25, 0.3) is 0 Å². The molecule has 2 aliphatic carbocycles. The molecule has 0 bridgehead atoms. The Labute approximate surface area is 113 Å². The van der Waals surface area contributed by atoms with Gasteiger partial charge in [-0.2, -0.15) is 0 Å². The zero-order valence-corrected chi connectivity index (χ0v) is 11.7. The first kappa shape index (κ1) is 12.4. The van der Waals surface area contributed by atoms with E-state index in [1.807, 2.05) is 6.20 Å². The van der Waals surface area contributed by atoms with E-state index in [0.29, 0.717) is 17.4 Å². The number of carbonyl (C=O) groups excluding carboxylic acids is 1. The monoisotopic (exact) mass is 257 g/mol. The normalized spacial score (nSPS) is 27.0. The van der Waals surface area contributed by atoms with Crippen molar-refractivity contribution in [2.24, 2.45) is 11.3 Å². The molecular weight excluding hydrogens is 238 g/mol. The lowest BCUT2D eigenvalue weighted by molar-refractivity contribution is 0.0598. The molecule has 0 spiro atoms. The zero-order valence-electron chi connectivity index (χ0n) is 11.7. The van der Waals surface area contributed by atoms with E-state index in [4.69, 9.17) is 4.74 Å². The topological polar surface area (TPSA) is 39.2 Å². The lowest BCUT2D eigenvalue weighted by Gasteiger charge is -2.15. The van der Waals surface area contributed by atoms with Gasteiger partial charge in [0.1, 0.15) is 0 Å². The Hall–Kier alpha value is -1.64. The third kappa shape index (κ3) is 1.64. The highest BCUT2D eigenvalue weighted by molar-refractivity contribution is 5.93. The molecule has 3 rings (SSSR count). The number of methoxy groups -OCH3 is 1. The van der Waals surface area contributed by atoms with Gasteiger partial charge in [0.2, 0.25) is 0 Å². The molecule has 0 amide bonds. The first-order chi connectivity index (χ1) is 8.98. The van der Waals surface area contributed by atoms with E-state index < -0.39 is 0 Å². The average Bonchev–Trinajstić information content (AvgIpc) is 2.99. The second kappa shape index (κ2) is 3.92. The molecule has 100 valence electrons. The van der Waals surface area contributed by atoms with Crippen molar-refractivity contribution in [2.45, 2.75) is 32.6 Å². The number of ether oxygens (including phenoxy) is 1. The smallest absolute Gasteiger partial charge is 0.339 e. The van der Waals surface area contributed by atoms with Crippen molar-refractivity contribution in [2.75, 3.05) is 7.11 Å². The summed E-state index contributed by atoms with van der Waals surface area (Å²) in [6.45, 7) is 8.71. The fourth-order valence-electron chi connectivity index (χ4n) is 3.68. The molecule has 19 heavy (non-hydrogen) atoms. The zero-order chi connectivity index (χ0) is 13.8. The second-order valence-corrected chi connectivity index (χ2v) is 6.19. The summed E-state index contributed by atoms with van der Waals surface area (Å²) in [5.41, 5.74) is 4.14.